The van der Waals surface area contributed by atoms with Gasteiger partial charge in [-0.1, -0.05) is 0 Å². The minimum Gasteiger partial charge on any atom is -0.399 e. The van der Waals surface area contributed by atoms with Crippen LogP contribution in [0.2, 0.25) is 0 Å². The molecule has 0 atom stereocenters. The molecule has 7 heteroatoms. The van der Waals surface area contributed by atoms with Crippen molar-refractivity contribution in [2.45, 2.75) is 52.4 Å². The van der Waals surface area contributed by atoms with Gasteiger partial charge < -0.3 is 18.8 Å². The number of hydrogen-bond acceptors (Lipinski definition) is 5. The van der Waals surface area contributed by atoms with E-state index in [1.807, 2.05) is 45.5 Å². The van der Waals surface area contributed by atoms with Crippen LogP contribution in [0, 0.1) is 0 Å². The van der Waals surface area contributed by atoms with Crippen molar-refractivity contribution in [1.29, 1.82) is 0 Å². The van der Waals surface area contributed by atoms with E-state index < -0.39 is 0 Å². The van der Waals surface area contributed by atoms with Gasteiger partial charge in [0, 0.05) is 24.5 Å². The third-order valence-electron chi connectivity index (χ3n) is 4.22. The maximum atomic E-state index is 6.01. The Morgan fingerprint density at radius 1 is 1.09 bits per heavy atom. The second-order valence-corrected chi connectivity index (χ2v) is 6.43. The van der Waals surface area contributed by atoms with Crippen LogP contribution in [-0.2, 0) is 25.3 Å². The Kier molecular flexibility index (Phi) is 5.66. The molecule has 1 aliphatic rings. The highest BCUT2D eigenvalue weighted by Gasteiger charge is 2.52. The molecule has 0 amide bonds. The molecule has 1 fully saturated rings. The minimum atomic E-state index is -0.363. The minimum absolute atomic E-state index is 0.331. The van der Waals surface area contributed by atoms with E-state index in [1.54, 1.807) is 6.20 Å². The molecule has 0 aliphatic carbocycles. The smallest absolute Gasteiger partial charge is 0.399 e. The summed E-state index contributed by atoms with van der Waals surface area (Å²) in [5.41, 5.74) is 0.276. The Labute approximate surface area is 133 Å². The largest absolute Gasteiger partial charge is 0.498 e. The fourth-order valence-corrected chi connectivity index (χ4v) is 2.13. The fourth-order valence-electron chi connectivity index (χ4n) is 2.13. The van der Waals surface area contributed by atoms with Gasteiger partial charge in [0.1, 0.15) is 0 Å². The van der Waals surface area contributed by atoms with Crippen molar-refractivity contribution in [1.82, 2.24) is 9.78 Å². The van der Waals surface area contributed by atoms with E-state index in [4.69, 9.17) is 18.8 Å². The average Bonchev–Trinajstić information content (AvgIpc) is 2.97. The molecule has 6 nitrogen and oxygen atoms in total. The normalized spacial score (nSPS) is 19.8. The molecule has 124 valence electrons. The summed E-state index contributed by atoms with van der Waals surface area (Å²) >= 11 is 0. The predicted octanol–water partition coefficient (Wildman–Crippen LogP) is 1.24. The topological polar surface area (TPSA) is 54.7 Å². The molecular weight excluding hydrogens is 283 g/mol. The molecule has 2 heterocycles. The van der Waals surface area contributed by atoms with E-state index in [2.05, 4.69) is 5.10 Å². The van der Waals surface area contributed by atoms with Gasteiger partial charge in [-0.3, -0.25) is 4.68 Å². The zero-order valence-corrected chi connectivity index (χ0v) is 14.3. The molecule has 0 N–H and O–H groups in total. The number of rotatable bonds is 8. The maximum absolute atomic E-state index is 6.01. The third-order valence-corrected chi connectivity index (χ3v) is 4.22. The first-order chi connectivity index (χ1) is 10.4. The van der Waals surface area contributed by atoms with Crippen LogP contribution >= 0.6 is 0 Å². The molecule has 22 heavy (non-hydrogen) atoms. The van der Waals surface area contributed by atoms with Crippen LogP contribution in [0.25, 0.3) is 0 Å². The van der Waals surface area contributed by atoms with E-state index in [0.29, 0.717) is 26.4 Å². The SMILES string of the molecule is CCOCCOCCn1cc(B2OC(C)(C)C(C)(C)O2)cn1. The van der Waals surface area contributed by atoms with Gasteiger partial charge in [0.25, 0.3) is 0 Å². The lowest BCUT2D eigenvalue weighted by molar-refractivity contribution is 0.00578. The highest BCUT2D eigenvalue weighted by molar-refractivity contribution is 6.61. The van der Waals surface area contributed by atoms with Crippen molar-refractivity contribution in [2.75, 3.05) is 26.4 Å². The highest BCUT2D eigenvalue weighted by Crippen LogP contribution is 2.36. The number of ether oxygens (including phenoxy) is 2. The van der Waals surface area contributed by atoms with Gasteiger partial charge >= 0.3 is 7.12 Å². The van der Waals surface area contributed by atoms with Gasteiger partial charge in [0.15, 0.2) is 0 Å². The van der Waals surface area contributed by atoms with Crippen LogP contribution in [0.1, 0.15) is 34.6 Å². The molecule has 0 radical (unpaired) electrons. The standard InChI is InChI=1S/C15H27BN2O4/c1-6-19-9-10-20-8-7-18-12-13(11-17-18)16-21-14(2,3)15(4,5)22-16/h11-12H,6-10H2,1-5H3. The Morgan fingerprint density at radius 3 is 2.36 bits per heavy atom. The fraction of sp³-hybridized carbons (Fsp3) is 0.800. The van der Waals surface area contributed by atoms with Crippen LogP contribution in [-0.4, -0.2) is 54.5 Å². The van der Waals surface area contributed by atoms with E-state index in [9.17, 15) is 0 Å². The van der Waals surface area contributed by atoms with Gasteiger partial charge in [0.05, 0.1) is 37.6 Å². The lowest BCUT2D eigenvalue weighted by Gasteiger charge is -2.32. The van der Waals surface area contributed by atoms with E-state index >= 15 is 0 Å². The van der Waals surface area contributed by atoms with Gasteiger partial charge in [-0.15, -0.1) is 0 Å². The number of nitrogens with zero attached hydrogens (tertiary/aromatic N) is 2. The summed E-state index contributed by atoms with van der Waals surface area (Å²) in [6.07, 6.45) is 3.75. The monoisotopic (exact) mass is 310 g/mol. The predicted molar refractivity (Wildman–Crippen MR) is 85.3 cm³/mol. The first-order valence-corrected chi connectivity index (χ1v) is 7.89. The Morgan fingerprint density at radius 2 is 1.73 bits per heavy atom. The van der Waals surface area contributed by atoms with Crippen LogP contribution in [0.3, 0.4) is 0 Å². The molecule has 2 rings (SSSR count). The second kappa shape index (κ2) is 7.13. The molecule has 0 saturated carbocycles. The zero-order valence-electron chi connectivity index (χ0n) is 14.3. The number of aromatic nitrogens is 2. The summed E-state index contributed by atoms with van der Waals surface area (Å²) in [6, 6.07) is 0. The summed E-state index contributed by atoms with van der Waals surface area (Å²) in [4.78, 5) is 0. The quantitative estimate of drug-likeness (QED) is 0.534. The summed E-state index contributed by atoms with van der Waals surface area (Å²) in [5.74, 6) is 0. The molecule has 1 aliphatic heterocycles. The van der Waals surface area contributed by atoms with Crippen molar-refractivity contribution in [2.24, 2.45) is 0 Å². The lowest BCUT2D eigenvalue weighted by Crippen LogP contribution is -2.41. The van der Waals surface area contributed by atoms with Crippen LogP contribution in [0.15, 0.2) is 12.4 Å². The first kappa shape index (κ1) is 17.5. The first-order valence-electron chi connectivity index (χ1n) is 7.89. The van der Waals surface area contributed by atoms with Gasteiger partial charge in [-0.2, -0.15) is 5.10 Å². The van der Waals surface area contributed by atoms with Gasteiger partial charge in [0.2, 0.25) is 0 Å². The van der Waals surface area contributed by atoms with Crippen LogP contribution in [0.4, 0.5) is 0 Å². The molecule has 1 aromatic heterocycles. The summed E-state index contributed by atoms with van der Waals surface area (Å²) in [7, 11) is -0.363. The summed E-state index contributed by atoms with van der Waals surface area (Å²) in [6.45, 7) is 13.4. The van der Waals surface area contributed by atoms with Crippen LogP contribution in [0.5, 0.6) is 0 Å². The maximum Gasteiger partial charge on any atom is 0.498 e. The van der Waals surface area contributed by atoms with Crippen molar-refractivity contribution < 1.29 is 18.8 Å². The zero-order chi connectivity index (χ0) is 16.2. The van der Waals surface area contributed by atoms with E-state index in [0.717, 1.165) is 12.1 Å². The van der Waals surface area contributed by atoms with E-state index in [-0.39, 0.29) is 18.3 Å². The summed E-state index contributed by atoms with van der Waals surface area (Å²) < 4.78 is 24.6. The Bertz CT molecular complexity index is 460. The molecule has 0 spiro atoms. The van der Waals surface area contributed by atoms with Crippen molar-refractivity contribution >= 4 is 12.6 Å². The lowest BCUT2D eigenvalue weighted by atomic mass is 9.82. The van der Waals surface area contributed by atoms with Gasteiger partial charge in [-0.25, -0.2) is 0 Å². The molecule has 0 unspecified atom stereocenters. The molecule has 1 saturated heterocycles. The van der Waals surface area contributed by atoms with Gasteiger partial charge in [-0.05, 0) is 34.6 Å². The molecule has 1 aromatic rings. The van der Waals surface area contributed by atoms with Crippen molar-refractivity contribution in [3.63, 3.8) is 0 Å². The van der Waals surface area contributed by atoms with Crippen molar-refractivity contribution in [3.8, 4) is 0 Å². The Balaban J connectivity index is 1.80. The van der Waals surface area contributed by atoms with Crippen molar-refractivity contribution in [3.05, 3.63) is 12.4 Å². The molecule has 0 aromatic carbocycles. The average molecular weight is 310 g/mol. The molecule has 0 bridgehead atoms. The number of hydrogen-bond donors (Lipinski definition) is 0. The third kappa shape index (κ3) is 4.10. The van der Waals surface area contributed by atoms with Crippen LogP contribution < -0.4 is 5.46 Å². The highest BCUT2D eigenvalue weighted by atomic mass is 16.7. The van der Waals surface area contributed by atoms with E-state index in [1.165, 1.54) is 0 Å². The second-order valence-electron chi connectivity index (χ2n) is 6.43. The Hall–Kier alpha value is -0.885. The summed E-state index contributed by atoms with van der Waals surface area (Å²) in [5, 5.41) is 4.34. The molecular formula is C15H27BN2O4.